The topological polar surface area (TPSA) is 0 Å². The molecule has 0 saturated heterocycles. The van der Waals surface area contributed by atoms with Gasteiger partial charge in [-0.1, -0.05) is 0 Å². The van der Waals surface area contributed by atoms with Crippen LogP contribution in [-0.2, 0) is 17.0 Å². The van der Waals surface area contributed by atoms with Crippen LogP contribution in [0.25, 0.3) is 0 Å². The van der Waals surface area contributed by atoms with E-state index in [1.54, 1.807) is 0 Å². The Labute approximate surface area is 78.9 Å². The molecule has 0 bridgehead atoms. The summed E-state index contributed by atoms with van der Waals surface area (Å²) in [6.45, 7) is 8.67. The zero-order valence-corrected chi connectivity index (χ0v) is 9.15. The molecule has 0 N–H and O–H groups in total. The van der Waals surface area contributed by atoms with E-state index >= 15 is 0 Å². The SMILES string of the molecule is CC=C(C)/C(=C\[CH]=[V+2])C(C)C. The van der Waals surface area contributed by atoms with Gasteiger partial charge in [0.1, 0.15) is 0 Å². The first-order chi connectivity index (χ1) is 5.13. The van der Waals surface area contributed by atoms with E-state index in [1.807, 2.05) is 4.73 Å². The van der Waals surface area contributed by atoms with Gasteiger partial charge in [-0.05, 0) is 0 Å². The van der Waals surface area contributed by atoms with Crippen molar-refractivity contribution in [2.24, 2.45) is 5.92 Å². The van der Waals surface area contributed by atoms with Crippen LogP contribution in [0.2, 0.25) is 0 Å². The Hall–Kier alpha value is -0.0656. The van der Waals surface area contributed by atoms with Crippen LogP contribution in [0.3, 0.4) is 0 Å². The molecular weight excluding hydrogens is 171 g/mol. The van der Waals surface area contributed by atoms with E-state index in [9.17, 15) is 0 Å². The number of hydrogen-bond donors (Lipinski definition) is 0. The van der Waals surface area contributed by atoms with Crippen LogP contribution in [0.5, 0.6) is 0 Å². The molecule has 0 heterocycles. The van der Waals surface area contributed by atoms with Gasteiger partial charge in [-0.15, -0.1) is 0 Å². The quantitative estimate of drug-likeness (QED) is 0.596. The monoisotopic (exact) mass is 187 g/mol. The fraction of sp³-hybridized carbons (Fsp3) is 0.500. The van der Waals surface area contributed by atoms with E-state index in [1.165, 1.54) is 11.1 Å². The van der Waals surface area contributed by atoms with Gasteiger partial charge >= 0.3 is 78.6 Å². The molecular formula is C10H16V+2. The second-order valence-electron chi connectivity index (χ2n) is 2.90. The van der Waals surface area contributed by atoms with Crippen molar-refractivity contribution in [3.05, 3.63) is 23.3 Å². The van der Waals surface area contributed by atoms with Gasteiger partial charge in [0.25, 0.3) is 0 Å². The second-order valence-corrected chi connectivity index (χ2v) is 3.36. The molecule has 11 heavy (non-hydrogen) atoms. The molecule has 0 nitrogen and oxygen atoms in total. The predicted octanol–water partition coefficient (Wildman–Crippen LogP) is 2.88. The minimum absolute atomic E-state index is 0.617. The van der Waals surface area contributed by atoms with Crippen molar-refractivity contribution < 1.29 is 17.0 Å². The molecule has 0 aliphatic carbocycles. The minimum atomic E-state index is 0.617. The van der Waals surface area contributed by atoms with Crippen molar-refractivity contribution >= 4 is 4.73 Å². The molecule has 0 aliphatic heterocycles. The van der Waals surface area contributed by atoms with Crippen LogP contribution in [0.4, 0.5) is 0 Å². The third kappa shape index (κ3) is 3.74. The Morgan fingerprint density at radius 1 is 1.36 bits per heavy atom. The van der Waals surface area contributed by atoms with Crippen LogP contribution >= 0.6 is 0 Å². The van der Waals surface area contributed by atoms with Crippen LogP contribution in [-0.4, -0.2) is 4.73 Å². The molecule has 0 saturated carbocycles. The molecule has 0 aliphatic rings. The zero-order chi connectivity index (χ0) is 8.85. The average Bonchev–Trinajstić information content (AvgIpc) is 1.98. The molecule has 59 valence electrons. The standard InChI is InChI=1S/C10H16.V/c1-6-9(5)10(7-2)8(3)4;/h2,6-8H,1,3-5H3;/q;+2/b9-6?,10-7-;. The second kappa shape index (κ2) is 5.57. The Morgan fingerprint density at radius 2 is 1.91 bits per heavy atom. The third-order valence-corrected chi connectivity index (χ3v) is 2.00. The first-order valence-corrected chi connectivity index (χ1v) is 4.75. The number of rotatable bonds is 3. The summed E-state index contributed by atoms with van der Waals surface area (Å²) in [7, 11) is 0. The summed E-state index contributed by atoms with van der Waals surface area (Å²) in [5.74, 6) is 0.617. The molecule has 0 spiro atoms. The average molecular weight is 187 g/mol. The fourth-order valence-corrected chi connectivity index (χ4v) is 1.28. The molecule has 0 rings (SSSR count). The molecule has 0 radical (unpaired) electrons. The summed E-state index contributed by atoms with van der Waals surface area (Å²) in [4.78, 5) is 0. The molecule has 1 heteroatoms. The fourth-order valence-electron chi connectivity index (χ4n) is 1.03. The van der Waals surface area contributed by atoms with E-state index in [0.717, 1.165) is 0 Å². The molecule has 0 aromatic carbocycles. The summed E-state index contributed by atoms with van der Waals surface area (Å²) in [6, 6.07) is 0. The van der Waals surface area contributed by atoms with Gasteiger partial charge in [-0.25, -0.2) is 0 Å². The van der Waals surface area contributed by atoms with Crippen molar-refractivity contribution in [3.8, 4) is 0 Å². The summed E-state index contributed by atoms with van der Waals surface area (Å²) >= 11 is 2.47. The van der Waals surface area contributed by atoms with E-state index in [-0.39, 0.29) is 0 Å². The van der Waals surface area contributed by atoms with E-state index in [0.29, 0.717) is 5.92 Å². The van der Waals surface area contributed by atoms with Crippen LogP contribution in [0.15, 0.2) is 23.3 Å². The first-order valence-electron chi connectivity index (χ1n) is 3.94. The van der Waals surface area contributed by atoms with Crippen molar-refractivity contribution in [3.63, 3.8) is 0 Å². The zero-order valence-electron chi connectivity index (χ0n) is 7.76. The van der Waals surface area contributed by atoms with Crippen molar-refractivity contribution in [2.75, 3.05) is 0 Å². The van der Waals surface area contributed by atoms with Gasteiger partial charge in [0.15, 0.2) is 0 Å². The Morgan fingerprint density at radius 3 is 2.18 bits per heavy atom. The Bertz CT molecular complexity index is 185. The molecule has 0 aromatic rings. The van der Waals surface area contributed by atoms with E-state index < -0.39 is 0 Å². The maximum absolute atomic E-state index is 2.47. The van der Waals surface area contributed by atoms with E-state index in [2.05, 4.69) is 56.8 Å². The Kier molecular flexibility index (Phi) is 5.53. The van der Waals surface area contributed by atoms with E-state index in [4.69, 9.17) is 0 Å². The molecule has 0 unspecified atom stereocenters. The van der Waals surface area contributed by atoms with Gasteiger partial charge in [0.05, 0.1) is 0 Å². The molecule has 0 atom stereocenters. The maximum atomic E-state index is 2.47. The van der Waals surface area contributed by atoms with Gasteiger partial charge in [-0.3, -0.25) is 0 Å². The summed E-state index contributed by atoms with van der Waals surface area (Å²) in [5, 5.41) is 0. The van der Waals surface area contributed by atoms with Crippen LogP contribution < -0.4 is 0 Å². The van der Waals surface area contributed by atoms with Gasteiger partial charge in [0, 0.05) is 0 Å². The first kappa shape index (κ1) is 10.9. The third-order valence-electron chi connectivity index (χ3n) is 1.76. The Balaban J connectivity index is 4.61. The van der Waals surface area contributed by atoms with Crippen molar-refractivity contribution in [1.29, 1.82) is 0 Å². The molecule has 0 aromatic heterocycles. The number of hydrogen-bond acceptors (Lipinski definition) is 0. The summed E-state index contributed by atoms with van der Waals surface area (Å²) in [5.41, 5.74) is 2.80. The summed E-state index contributed by atoms with van der Waals surface area (Å²) < 4.78 is 2.04. The van der Waals surface area contributed by atoms with Crippen LogP contribution in [0.1, 0.15) is 27.7 Å². The van der Waals surface area contributed by atoms with Gasteiger partial charge in [0.2, 0.25) is 0 Å². The van der Waals surface area contributed by atoms with Gasteiger partial charge in [-0.2, -0.15) is 0 Å². The van der Waals surface area contributed by atoms with Gasteiger partial charge < -0.3 is 0 Å². The number of allylic oxidation sites excluding steroid dienone is 4. The van der Waals surface area contributed by atoms with Crippen molar-refractivity contribution in [1.82, 2.24) is 0 Å². The van der Waals surface area contributed by atoms with Crippen molar-refractivity contribution in [2.45, 2.75) is 27.7 Å². The predicted molar refractivity (Wildman–Crippen MR) is 48.4 cm³/mol. The summed E-state index contributed by atoms with van der Waals surface area (Å²) in [6.07, 6.45) is 4.32. The van der Waals surface area contributed by atoms with Crippen LogP contribution in [0, 0.1) is 5.92 Å². The molecule has 0 amide bonds. The molecule has 0 fully saturated rings. The normalized spacial score (nSPS) is 14.1.